The lowest BCUT2D eigenvalue weighted by Gasteiger charge is -2.33. The Hall–Kier alpha value is -2.33. The molecule has 1 aliphatic rings. The maximum absolute atomic E-state index is 12.1. The van der Waals surface area contributed by atoms with Crippen LogP contribution in [0.3, 0.4) is 0 Å². The topological polar surface area (TPSA) is 45.5 Å². The van der Waals surface area contributed by atoms with Crippen LogP contribution in [0, 0.1) is 0 Å². The quantitative estimate of drug-likeness (QED) is 0.825. The largest absolute Gasteiger partial charge is 0.468 e. The van der Waals surface area contributed by atoms with E-state index in [4.69, 9.17) is 4.42 Å². The monoisotopic (exact) mass is 324 g/mol. The van der Waals surface area contributed by atoms with Crippen LogP contribution < -0.4 is 5.32 Å². The van der Waals surface area contributed by atoms with Crippen molar-refractivity contribution >= 4 is 12.0 Å². The molecule has 1 aliphatic heterocycles. The van der Waals surface area contributed by atoms with Gasteiger partial charge in [0.1, 0.15) is 5.76 Å². The van der Waals surface area contributed by atoms with Gasteiger partial charge in [0.05, 0.1) is 12.3 Å². The van der Waals surface area contributed by atoms with E-state index in [1.165, 1.54) is 19.3 Å². The molecule has 4 heteroatoms. The number of hydrogen-bond donors (Lipinski definition) is 1. The number of rotatable bonds is 6. The zero-order valence-electron chi connectivity index (χ0n) is 13.9. The molecule has 0 bridgehead atoms. The second-order valence-corrected chi connectivity index (χ2v) is 6.12. The van der Waals surface area contributed by atoms with Gasteiger partial charge in [-0.3, -0.25) is 9.69 Å². The first-order valence-electron chi connectivity index (χ1n) is 8.61. The molecule has 1 atom stereocenters. The van der Waals surface area contributed by atoms with Crippen LogP contribution in [0.5, 0.6) is 0 Å². The van der Waals surface area contributed by atoms with Gasteiger partial charge in [-0.25, -0.2) is 0 Å². The molecule has 2 aromatic rings. The number of nitrogens with zero attached hydrogens (tertiary/aromatic N) is 1. The second-order valence-electron chi connectivity index (χ2n) is 6.12. The summed E-state index contributed by atoms with van der Waals surface area (Å²) in [5.74, 6) is 0.844. The number of carbonyl (C=O) groups is 1. The van der Waals surface area contributed by atoms with Gasteiger partial charge >= 0.3 is 0 Å². The normalized spacial score (nSPS) is 17.0. The second kappa shape index (κ2) is 8.50. The zero-order valence-corrected chi connectivity index (χ0v) is 13.9. The first kappa shape index (κ1) is 16.5. The number of nitrogens with one attached hydrogen (secondary N) is 1. The van der Waals surface area contributed by atoms with Gasteiger partial charge in [0.25, 0.3) is 0 Å². The van der Waals surface area contributed by atoms with Gasteiger partial charge in [-0.1, -0.05) is 36.8 Å². The average molecular weight is 324 g/mol. The highest BCUT2D eigenvalue weighted by atomic mass is 16.3. The Morgan fingerprint density at radius 1 is 1.12 bits per heavy atom. The van der Waals surface area contributed by atoms with E-state index >= 15 is 0 Å². The zero-order chi connectivity index (χ0) is 16.6. The summed E-state index contributed by atoms with van der Waals surface area (Å²) in [6.45, 7) is 2.67. The van der Waals surface area contributed by atoms with E-state index in [1.807, 2.05) is 48.5 Å². The Morgan fingerprint density at radius 3 is 2.62 bits per heavy atom. The molecule has 1 unspecified atom stereocenters. The molecule has 3 rings (SSSR count). The standard InChI is InChI=1S/C20H24N2O2/c23-20(12-11-17-8-3-1-4-9-17)21-16-18(19-10-7-15-24-19)22-13-5-2-6-14-22/h1,3-4,7-12,15,18H,2,5-6,13-14,16H2,(H,21,23)/b12-11+. The van der Waals surface area contributed by atoms with E-state index in [0.717, 1.165) is 24.4 Å². The number of furan rings is 1. The minimum atomic E-state index is -0.0765. The van der Waals surface area contributed by atoms with Gasteiger partial charge in [0.15, 0.2) is 0 Å². The van der Waals surface area contributed by atoms with Crippen LogP contribution in [0.25, 0.3) is 6.08 Å². The summed E-state index contributed by atoms with van der Waals surface area (Å²) in [4.78, 5) is 14.5. The molecule has 1 N–H and O–H groups in total. The first-order valence-corrected chi connectivity index (χ1v) is 8.61. The van der Waals surface area contributed by atoms with Crippen LogP contribution in [-0.2, 0) is 4.79 Å². The minimum Gasteiger partial charge on any atom is -0.468 e. The highest BCUT2D eigenvalue weighted by Gasteiger charge is 2.24. The van der Waals surface area contributed by atoms with Crippen molar-refractivity contribution in [1.29, 1.82) is 0 Å². The third-order valence-electron chi connectivity index (χ3n) is 4.40. The Morgan fingerprint density at radius 2 is 1.92 bits per heavy atom. The number of likely N-dealkylation sites (tertiary alicyclic amines) is 1. The molecular formula is C20H24N2O2. The molecule has 1 saturated heterocycles. The van der Waals surface area contributed by atoms with Gasteiger partial charge in [0.2, 0.25) is 5.91 Å². The lowest BCUT2D eigenvalue weighted by molar-refractivity contribution is -0.116. The molecule has 0 radical (unpaired) electrons. The third kappa shape index (κ3) is 4.59. The fourth-order valence-electron chi connectivity index (χ4n) is 3.11. The predicted molar refractivity (Wildman–Crippen MR) is 95.4 cm³/mol. The van der Waals surface area contributed by atoms with E-state index in [0.29, 0.717) is 6.54 Å². The molecule has 126 valence electrons. The van der Waals surface area contributed by atoms with Crippen molar-refractivity contribution in [3.05, 3.63) is 66.1 Å². The molecule has 0 aliphatic carbocycles. The van der Waals surface area contributed by atoms with Crippen molar-refractivity contribution in [3.63, 3.8) is 0 Å². The fraction of sp³-hybridized carbons (Fsp3) is 0.350. The summed E-state index contributed by atoms with van der Waals surface area (Å²) >= 11 is 0. The molecule has 1 amide bonds. The van der Waals surface area contributed by atoms with Gasteiger partial charge in [-0.2, -0.15) is 0 Å². The van der Waals surface area contributed by atoms with Crippen LogP contribution >= 0.6 is 0 Å². The highest BCUT2D eigenvalue weighted by Crippen LogP contribution is 2.24. The maximum atomic E-state index is 12.1. The van der Waals surface area contributed by atoms with E-state index in [1.54, 1.807) is 12.3 Å². The maximum Gasteiger partial charge on any atom is 0.244 e. The van der Waals surface area contributed by atoms with E-state index in [-0.39, 0.29) is 11.9 Å². The van der Waals surface area contributed by atoms with Crippen molar-refractivity contribution in [3.8, 4) is 0 Å². The molecule has 1 aromatic carbocycles. The van der Waals surface area contributed by atoms with Crippen LogP contribution in [-0.4, -0.2) is 30.4 Å². The minimum absolute atomic E-state index is 0.0765. The Kier molecular flexibility index (Phi) is 5.85. The fourth-order valence-corrected chi connectivity index (χ4v) is 3.11. The van der Waals surface area contributed by atoms with Gasteiger partial charge in [-0.15, -0.1) is 0 Å². The third-order valence-corrected chi connectivity index (χ3v) is 4.40. The molecule has 4 nitrogen and oxygen atoms in total. The SMILES string of the molecule is O=C(/C=C/c1ccccc1)NCC(c1ccco1)N1CCCCC1. The van der Waals surface area contributed by atoms with Crippen LogP contribution in [0.15, 0.2) is 59.2 Å². The van der Waals surface area contributed by atoms with E-state index in [2.05, 4.69) is 10.2 Å². The van der Waals surface area contributed by atoms with Crippen molar-refractivity contribution in [2.75, 3.05) is 19.6 Å². The highest BCUT2D eigenvalue weighted by molar-refractivity contribution is 5.91. The van der Waals surface area contributed by atoms with Crippen LogP contribution in [0.4, 0.5) is 0 Å². The average Bonchev–Trinajstić information content (AvgIpc) is 3.16. The van der Waals surface area contributed by atoms with Crippen molar-refractivity contribution in [2.24, 2.45) is 0 Å². The number of amides is 1. The lowest BCUT2D eigenvalue weighted by atomic mass is 10.1. The summed E-state index contributed by atoms with van der Waals surface area (Å²) in [6.07, 6.45) is 8.82. The predicted octanol–water partition coefficient (Wildman–Crippen LogP) is 3.64. The molecular weight excluding hydrogens is 300 g/mol. The van der Waals surface area contributed by atoms with Crippen LogP contribution in [0.2, 0.25) is 0 Å². The number of piperidine rings is 1. The summed E-state index contributed by atoms with van der Waals surface area (Å²) in [5.41, 5.74) is 1.02. The van der Waals surface area contributed by atoms with E-state index < -0.39 is 0 Å². The first-order chi connectivity index (χ1) is 11.8. The van der Waals surface area contributed by atoms with Crippen molar-refractivity contribution in [2.45, 2.75) is 25.3 Å². The van der Waals surface area contributed by atoms with E-state index in [9.17, 15) is 4.79 Å². The van der Waals surface area contributed by atoms with Crippen LogP contribution in [0.1, 0.15) is 36.6 Å². The Balaban J connectivity index is 1.58. The van der Waals surface area contributed by atoms with Gasteiger partial charge in [-0.05, 0) is 49.7 Å². The van der Waals surface area contributed by atoms with Crippen molar-refractivity contribution in [1.82, 2.24) is 10.2 Å². The number of hydrogen-bond acceptors (Lipinski definition) is 3. The molecule has 0 spiro atoms. The summed E-state index contributed by atoms with van der Waals surface area (Å²) in [7, 11) is 0. The molecule has 0 saturated carbocycles. The van der Waals surface area contributed by atoms with Crippen molar-refractivity contribution < 1.29 is 9.21 Å². The summed E-state index contributed by atoms with van der Waals surface area (Å²) in [6, 6.07) is 13.8. The molecule has 1 fully saturated rings. The Bertz CT molecular complexity index is 644. The lowest BCUT2D eigenvalue weighted by Crippen LogP contribution is -2.40. The molecule has 2 heterocycles. The van der Waals surface area contributed by atoms with Gasteiger partial charge < -0.3 is 9.73 Å². The summed E-state index contributed by atoms with van der Waals surface area (Å²) in [5, 5.41) is 3.01. The number of carbonyl (C=O) groups excluding carboxylic acids is 1. The number of benzene rings is 1. The Labute approximate surface area is 143 Å². The smallest absolute Gasteiger partial charge is 0.244 e. The van der Waals surface area contributed by atoms with Gasteiger partial charge in [0, 0.05) is 12.6 Å². The molecule has 1 aromatic heterocycles. The molecule has 24 heavy (non-hydrogen) atoms. The summed E-state index contributed by atoms with van der Waals surface area (Å²) < 4.78 is 5.60.